The van der Waals surface area contributed by atoms with Gasteiger partial charge in [0.2, 0.25) is 0 Å². The molecule has 2 N–H and O–H groups in total. The zero-order valence-corrected chi connectivity index (χ0v) is 12.7. The molecule has 0 saturated heterocycles. The number of hydrogen-bond acceptors (Lipinski definition) is 6. The standard InChI is InChI=1S/C15H21NO5/c1-5-9(2)13(15(19)21-4)16-11-8-10(14(18)20-3)6-7-12(11)17/h6-9,13,16-17H,5H2,1-4H3. The fourth-order valence-corrected chi connectivity index (χ4v) is 1.86. The molecule has 2 unspecified atom stereocenters. The average Bonchev–Trinajstić information content (AvgIpc) is 2.51. The Morgan fingerprint density at radius 1 is 1.29 bits per heavy atom. The third-order valence-electron chi connectivity index (χ3n) is 3.40. The fourth-order valence-electron chi connectivity index (χ4n) is 1.86. The Hall–Kier alpha value is -2.24. The van der Waals surface area contributed by atoms with Crippen LogP contribution in [0.25, 0.3) is 0 Å². The van der Waals surface area contributed by atoms with E-state index in [4.69, 9.17) is 4.74 Å². The molecule has 0 aliphatic heterocycles. The molecule has 0 heterocycles. The molecule has 1 rings (SSSR count). The molecule has 2 atom stereocenters. The van der Waals surface area contributed by atoms with Gasteiger partial charge < -0.3 is 19.9 Å². The summed E-state index contributed by atoms with van der Waals surface area (Å²) >= 11 is 0. The molecule has 6 heteroatoms. The molecule has 0 spiro atoms. The highest BCUT2D eigenvalue weighted by Crippen LogP contribution is 2.27. The van der Waals surface area contributed by atoms with Gasteiger partial charge in [0.15, 0.2) is 0 Å². The molecule has 6 nitrogen and oxygen atoms in total. The first kappa shape index (κ1) is 16.8. The second-order valence-corrected chi connectivity index (χ2v) is 4.75. The number of aromatic hydroxyl groups is 1. The molecule has 1 aromatic rings. The molecule has 0 fully saturated rings. The van der Waals surface area contributed by atoms with E-state index in [9.17, 15) is 14.7 Å². The van der Waals surface area contributed by atoms with Crippen molar-refractivity contribution in [1.82, 2.24) is 0 Å². The van der Waals surface area contributed by atoms with Crippen LogP contribution in [-0.2, 0) is 14.3 Å². The van der Waals surface area contributed by atoms with E-state index >= 15 is 0 Å². The van der Waals surface area contributed by atoms with Gasteiger partial charge >= 0.3 is 11.9 Å². The van der Waals surface area contributed by atoms with E-state index < -0.39 is 18.0 Å². The molecule has 1 aromatic carbocycles. The quantitative estimate of drug-likeness (QED) is 0.618. The fraction of sp³-hybridized carbons (Fsp3) is 0.467. The van der Waals surface area contributed by atoms with Gasteiger partial charge in [-0.2, -0.15) is 0 Å². The Kier molecular flexibility index (Phi) is 6.02. The third kappa shape index (κ3) is 4.11. The Bertz CT molecular complexity index is 515. The van der Waals surface area contributed by atoms with E-state index in [2.05, 4.69) is 10.1 Å². The van der Waals surface area contributed by atoms with Crippen LogP contribution in [0.4, 0.5) is 5.69 Å². The summed E-state index contributed by atoms with van der Waals surface area (Å²) in [6.07, 6.45) is 0.754. The number of esters is 2. The second-order valence-electron chi connectivity index (χ2n) is 4.75. The number of phenols is 1. The Morgan fingerprint density at radius 3 is 2.48 bits per heavy atom. The van der Waals surface area contributed by atoms with Gasteiger partial charge in [-0.1, -0.05) is 20.3 Å². The summed E-state index contributed by atoms with van der Waals surface area (Å²) in [6, 6.07) is 3.65. The lowest BCUT2D eigenvalue weighted by Crippen LogP contribution is -2.36. The van der Waals surface area contributed by atoms with Crippen molar-refractivity contribution >= 4 is 17.6 Å². The minimum atomic E-state index is -0.612. The number of phenolic OH excluding ortho intramolecular Hbond substituents is 1. The van der Waals surface area contributed by atoms with Gasteiger partial charge in [-0.05, 0) is 24.1 Å². The van der Waals surface area contributed by atoms with Gasteiger partial charge in [-0.3, -0.25) is 0 Å². The minimum absolute atomic E-state index is 0.00127. The Balaban J connectivity index is 3.07. The maximum atomic E-state index is 11.8. The molecule has 0 aromatic heterocycles. The van der Waals surface area contributed by atoms with Crippen LogP contribution in [0.5, 0.6) is 5.75 Å². The molecule has 0 aliphatic carbocycles. The number of anilines is 1. The van der Waals surface area contributed by atoms with E-state index in [1.807, 2.05) is 13.8 Å². The lowest BCUT2D eigenvalue weighted by molar-refractivity contribution is -0.142. The number of methoxy groups -OCH3 is 2. The van der Waals surface area contributed by atoms with E-state index in [0.29, 0.717) is 0 Å². The van der Waals surface area contributed by atoms with Gasteiger partial charge in [-0.15, -0.1) is 0 Å². The van der Waals surface area contributed by atoms with Crippen molar-refractivity contribution in [3.63, 3.8) is 0 Å². The van der Waals surface area contributed by atoms with Crippen LogP contribution in [0.3, 0.4) is 0 Å². The highest BCUT2D eigenvalue weighted by atomic mass is 16.5. The lowest BCUT2D eigenvalue weighted by Gasteiger charge is -2.23. The van der Waals surface area contributed by atoms with E-state index in [1.165, 1.54) is 32.4 Å². The number of nitrogens with one attached hydrogen (secondary N) is 1. The maximum absolute atomic E-state index is 11.8. The van der Waals surface area contributed by atoms with Crippen LogP contribution < -0.4 is 5.32 Å². The Labute approximate surface area is 124 Å². The molecule has 0 saturated carbocycles. The summed E-state index contributed by atoms with van der Waals surface area (Å²) < 4.78 is 9.40. The molecule has 0 radical (unpaired) electrons. The summed E-state index contributed by atoms with van der Waals surface area (Å²) in [7, 11) is 2.59. The lowest BCUT2D eigenvalue weighted by atomic mass is 9.98. The first-order valence-corrected chi connectivity index (χ1v) is 6.70. The smallest absolute Gasteiger partial charge is 0.337 e. The second kappa shape index (κ2) is 7.52. The number of carbonyl (C=O) groups is 2. The van der Waals surface area contributed by atoms with E-state index in [1.54, 1.807) is 0 Å². The number of ether oxygens (including phenoxy) is 2. The monoisotopic (exact) mass is 295 g/mol. The summed E-state index contributed by atoms with van der Waals surface area (Å²) in [4.78, 5) is 23.4. The third-order valence-corrected chi connectivity index (χ3v) is 3.40. The first-order chi connectivity index (χ1) is 9.94. The maximum Gasteiger partial charge on any atom is 0.337 e. The predicted molar refractivity (Wildman–Crippen MR) is 78.3 cm³/mol. The summed E-state index contributed by atoms with van der Waals surface area (Å²) in [5.74, 6) is -0.998. The molecule has 116 valence electrons. The van der Waals surface area contributed by atoms with Crippen LogP contribution in [0.15, 0.2) is 18.2 Å². The van der Waals surface area contributed by atoms with Crippen LogP contribution >= 0.6 is 0 Å². The summed E-state index contributed by atoms with van der Waals surface area (Å²) in [6.45, 7) is 3.85. The van der Waals surface area contributed by atoms with Gasteiger partial charge in [0.1, 0.15) is 11.8 Å². The van der Waals surface area contributed by atoms with E-state index in [0.717, 1.165) is 6.42 Å². The van der Waals surface area contributed by atoms with Crippen molar-refractivity contribution in [1.29, 1.82) is 0 Å². The minimum Gasteiger partial charge on any atom is -0.506 e. The van der Waals surface area contributed by atoms with Gasteiger partial charge in [0.25, 0.3) is 0 Å². The molecule has 0 aliphatic rings. The van der Waals surface area contributed by atoms with Gasteiger partial charge in [0, 0.05) is 0 Å². The average molecular weight is 295 g/mol. The van der Waals surface area contributed by atoms with E-state index in [-0.39, 0.29) is 22.9 Å². The van der Waals surface area contributed by atoms with Crippen molar-refractivity contribution < 1.29 is 24.2 Å². The first-order valence-electron chi connectivity index (χ1n) is 6.70. The zero-order valence-electron chi connectivity index (χ0n) is 12.7. The van der Waals surface area contributed by atoms with Crippen LogP contribution in [0.1, 0.15) is 30.6 Å². The number of carbonyl (C=O) groups excluding carboxylic acids is 2. The normalized spacial score (nSPS) is 13.1. The van der Waals surface area contributed by atoms with Crippen LogP contribution in [0.2, 0.25) is 0 Å². The highest BCUT2D eigenvalue weighted by Gasteiger charge is 2.26. The number of benzene rings is 1. The van der Waals surface area contributed by atoms with Gasteiger partial charge in [-0.25, -0.2) is 9.59 Å². The molecule has 21 heavy (non-hydrogen) atoms. The molecule has 0 bridgehead atoms. The highest BCUT2D eigenvalue weighted by molar-refractivity contribution is 5.91. The van der Waals surface area contributed by atoms with Crippen LogP contribution in [-0.4, -0.2) is 37.3 Å². The van der Waals surface area contributed by atoms with Crippen LogP contribution in [0, 0.1) is 5.92 Å². The zero-order chi connectivity index (χ0) is 16.0. The predicted octanol–water partition coefficient (Wildman–Crippen LogP) is 2.18. The van der Waals surface area contributed by atoms with Crippen molar-refractivity contribution in [2.45, 2.75) is 26.3 Å². The summed E-state index contributed by atoms with van der Waals surface area (Å²) in [5, 5.41) is 12.8. The van der Waals surface area contributed by atoms with Crippen molar-refractivity contribution in [3.8, 4) is 5.75 Å². The molecular formula is C15H21NO5. The van der Waals surface area contributed by atoms with Crippen molar-refractivity contribution in [2.75, 3.05) is 19.5 Å². The SMILES string of the molecule is CCC(C)C(Nc1cc(C(=O)OC)ccc1O)C(=O)OC. The topological polar surface area (TPSA) is 84.9 Å². The Morgan fingerprint density at radius 2 is 1.95 bits per heavy atom. The summed E-state index contributed by atoms with van der Waals surface area (Å²) in [5.41, 5.74) is 0.569. The van der Waals surface area contributed by atoms with Crippen molar-refractivity contribution in [3.05, 3.63) is 23.8 Å². The van der Waals surface area contributed by atoms with Crippen molar-refractivity contribution in [2.24, 2.45) is 5.92 Å². The number of hydrogen-bond donors (Lipinski definition) is 2. The molecule has 0 amide bonds. The number of rotatable bonds is 6. The largest absolute Gasteiger partial charge is 0.506 e. The van der Waals surface area contributed by atoms with Gasteiger partial charge in [0.05, 0.1) is 25.5 Å². The molecular weight excluding hydrogens is 274 g/mol.